The van der Waals surface area contributed by atoms with Gasteiger partial charge in [0.05, 0.1) is 0 Å². The van der Waals surface area contributed by atoms with Crippen LogP contribution in [0.5, 0.6) is 0 Å². The number of carbonyl (C=O) groups excluding carboxylic acids is 1. The first-order chi connectivity index (χ1) is 11.8. The normalized spacial score (nSPS) is 10.9. The Bertz CT molecular complexity index is 837. The summed E-state index contributed by atoms with van der Waals surface area (Å²) >= 11 is 0. The molecular weight excluding hydrogens is 302 g/mol. The molecule has 0 radical (unpaired) electrons. The predicted molar refractivity (Wildman–Crippen MR) is 92.2 cm³/mol. The molecule has 0 atom stereocenters. The van der Waals surface area contributed by atoms with E-state index in [2.05, 4.69) is 9.55 Å². The first-order valence-corrected chi connectivity index (χ1v) is 7.54. The molecule has 0 saturated heterocycles. The second-order valence-corrected chi connectivity index (χ2v) is 5.30. The Hall–Kier alpha value is -3.18. The van der Waals surface area contributed by atoms with Crippen molar-refractivity contribution in [2.24, 2.45) is 0 Å². The molecule has 1 heterocycles. The SMILES string of the molecule is O=C(/C=C/c1ccc(Cn2ccnc2-c2ccccc2)cc1)NO. The van der Waals surface area contributed by atoms with E-state index in [1.165, 1.54) is 6.08 Å². The molecule has 2 N–H and O–H groups in total. The molecule has 0 aliphatic carbocycles. The predicted octanol–water partition coefficient (Wildman–Crippen LogP) is 3.12. The molecule has 1 amide bonds. The van der Waals surface area contributed by atoms with Crippen molar-refractivity contribution in [2.75, 3.05) is 0 Å². The van der Waals surface area contributed by atoms with Gasteiger partial charge in [0.1, 0.15) is 5.82 Å². The Kier molecular flexibility index (Phi) is 4.84. The van der Waals surface area contributed by atoms with E-state index in [4.69, 9.17) is 5.21 Å². The maximum atomic E-state index is 11.0. The van der Waals surface area contributed by atoms with Gasteiger partial charge in [0.25, 0.3) is 5.91 Å². The fourth-order valence-corrected chi connectivity index (χ4v) is 2.42. The second-order valence-electron chi connectivity index (χ2n) is 5.30. The number of nitrogens with zero attached hydrogens (tertiary/aromatic N) is 2. The Morgan fingerprint density at radius 1 is 1.12 bits per heavy atom. The second kappa shape index (κ2) is 7.39. The molecule has 24 heavy (non-hydrogen) atoms. The molecule has 0 fully saturated rings. The monoisotopic (exact) mass is 319 g/mol. The van der Waals surface area contributed by atoms with Gasteiger partial charge in [-0.3, -0.25) is 10.0 Å². The highest BCUT2D eigenvalue weighted by Crippen LogP contribution is 2.18. The highest BCUT2D eigenvalue weighted by Gasteiger charge is 2.05. The fraction of sp³-hybridized carbons (Fsp3) is 0.0526. The van der Waals surface area contributed by atoms with Crippen LogP contribution in [0.2, 0.25) is 0 Å². The van der Waals surface area contributed by atoms with Gasteiger partial charge < -0.3 is 4.57 Å². The van der Waals surface area contributed by atoms with Gasteiger partial charge in [0.2, 0.25) is 0 Å². The van der Waals surface area contributed by atoms with Gasteiger partial charge in [-0.05, 0) is 17.2 Å². The molecule has 120 valence electrons. The number of nitrogens with one attached hydrogen (secondary N) is 1. The van der Waals surface area contributed by atoms with Gasteiger partial charge in [-0.25, -0.2) is 10.5 Å². The van der Waals surface area contributed by atoms with Gasteiger partial charge in [-0.15, -0.1) is 0 Å². The van der Waals surface area contributed by atoms with Crippen LogP contribution in [-0.4, -0.2) is 20.7 Å². The smallest absolute Gasteiger partial charge is 0.267 e. The van der Waals surface area contributed by atoms with Crippen LogP contribution < -0.4 is 5.48 Å². The van der Waals surface area contributed by atoms with Crippen molar-refractivity contribution >= 4 is 12.0 Å². The minimum atomic E-state index is -0.551. The van der Waals surface area contributed by atoms with Crippen LogP contribution in [0.3, 0.4) is 0 Å². The number of aromatic nitrogens is 2. The Labute approximate surface area is 139 Å². The number of hydroxylamine groups is 1. The van der Waals surface area contributed by atoms with Gasteiger partial charge in [-0.1, -0.05) is 54.6 Å². The highest BCUT2D eigenvalue weighted by atomic mass is 16.5. The molecule has 0 aliphatic rings. The standard InChI is InChI=1S/C19H17N3O2/c23-18(21-24)11-10-15-6-8-16(9-7-15)14-22-13-12-20-19(22)17-4-2-1-3-5-17/h1-13,24H,14H2,(H,21,23)/b11-10+. The zero-order valence-electron chi connectivity index (χ0n) is 13.0. The molecular formula is C19H17N3O2. The lowest BCUT2D eigenvalue weighted by Crippen LogP contribution is -2.14. The summed E-state index contributed by atoms with van der Waals surface area (Å²) in [5.74, 6) is 0.379. The van der Waals surface area contributed by atoms with Crippen LogP contribution in [0.25, 0.3) is 17.5 Å². The van der Waals surface area contributed by atoms with Gasteiger partial charge >= 0.3 is 0 Å². The van der Waals surface area contributed by atoms with Crippen molar-refractivity contribution in [1.82, 2.24) is 15.0 Å². The van der Waals surface area contributed by atoms with Crippen LogP contribution in [0.1, 0.15) is 11.1 Å². The molecule has 1 aromatic heterocycles. The highest BCUT2D eigenvalue weighted by molar-refractivity contribution is 5.90. The van der Waals surface area contributed by atoms with Crippen molar-refractivity contribution in [3.05, 3.63) is 84.2 Å². The number of rotatable bonds is 5. The molecule has 2 aromatic carbocycles. The summed E-state index contributed by atoms with van der Waals surface area (Å²) in [7, 11) is 0. The van der Waals surface area contributed by atoms with Crippen LogP contribution in [0.4, 0.5) is 0 Å². The average molecular weight is 319 g/mol. The molecule has 0 bridgehead atoms. The van der Waals surface area contributed by atoms with E-state index in [0.29, 0.717) is 6.54 Å². The molecule has 5 nitrogen and oxygen atoms in total. The molecule has 3 aromatic rings. The van der Waals surface area contributed by atoms with Crippen LogP contribution in [-0.2, 0) is 11.3 Å². The summed E-state index contributed by atoms with van der Waals surface area (Å²) < 4.78 is 2.10. The van der Waals surface area contributed by atoms with Crippen molar-refractivity contribution in [1.29, 1.82) is 0 Å². The van der Waals surface area contributed by atoms with Gasteiger partial charge in [0, 0.05) is 30.6 Å². The first-order valence-electron chi connectivity index (χ1n) is 7.54. The molecule has 0 unspecified atom stereocenters. The Morgan fingerprint density at radius 2 is 1.88 bits per heavy atom. The third-order valence-electron chi connectivity index (χ3n) is 3.62. The number of carbonyl (C=O) groups is 1. The number of hydrogen-bond donors (Lipinski definition) is 2. The minimum absolute atomic E-state index is 0.551. The van der Waals surface area contributed by atoms with Crippen LogP contribution >= 0.6 is 0 Å². The lowest BCUT2D eigenvalue weighted by molar-refractivity contribution is -0.124. The van der Waals surface area contributed by atoms with E-state index in [1.54, 1.807) is 17.8 Å². The zero-order valence-corrected chi connectivity index (χ0v) is 13.0. The molecule has 0 spiro atoms. The summed E-state index contributed by atoms with van der Waals surface area (Å²) in [5.41, 5.74) is 4.66. The van der Waals surface area contributed by atoms with Gasteiger partial charge in [-0.2, -0.15) is 0 Å². The quantitative estimate of drug-likeness (QED) is 0.431. The third-order valence-corrected chi connectivity index (χ3v) is 3.62. The van der Waals surface area contributed by atoms with Crippen molar-refractivity contribution in [3.8, 4) is 11.4 Å². The van der Waals surface area contributed by atoms with E-state index in [9.17, 15) is 4.79 Å². The molecule has 3 rings (SSSR count). The molecule has 0 saturated carbocycles. The third kappa shape index (κ3) is 3.77. The minimum Gasteiger partial charge on any atom is -0.327 e. The number of benzene rings is 2. The number of amides is 1. The summed E-state index contributed by atoms with van der Waals surface area (Å²) in [5, 5.41) is 8.46. The maximum absolute atomic E-state index is 11.0. The summed E-state index contributed by atoms with van der Waals surface area (Å²) in [6.45, 7) is 0.714. The van der Waals surface area contributed by atoms with Crippen molar-refractivity contribution < 1.29 is 10.0 Å². The Balaban J connectivity index is 1.75. The van der Waals surface area contributed by atoms with Gasteiger partial charge in [0.15, 0.2) is 0 Å². The first kappa shape index (κ1) is 15.7. The Morgan fingerprint density at radius 3 is 2.58 bits per heavy atom. The fourth-order valence-electron chi connectivity index (χ4n) is 2.42. The zero-order chi connectivity index (χ0) is 16.8. The lowest BCUT2D eigenvalue weighted by Gasteiger charge is -2.08. The van der Waals surface area contributed by atoms with E-state index >= 15 is 0 Å². The summed E-state index contributed by atoms with van der Waals surface area (Å²) in [4.78, 5) is 15.4. The summed E-state index contributed by atoms with van der Waals surface area (Å²) in [6.07, 6.45) is 6.68. The van der Waals surface area contributed by atoms with Crippen molar-refractivity contribution in [3.63, 3.8) is 0 Å². The maximum Gasteiger partial charge on any atom is 0.267 e. The topological polar surface area (TPSA) is 67.2 Å². The molecule has 0 aliphatic heterocycles. The van der Waals surface area contributed by atoms with Crippen LogP contribution in [0.15, 0.2) is 73.1 Å². The van der Waals surface area contributed by atoms with Crippen LogP contribution in [0, 0.1) is 0 Å². The largest absolute Gasteiger partial charge is 0.327 e. The van der Waals surface area contributed by atoms with E-state index in [0.717, 1.165) is 22.5 Å². The number of imidazole rings is 1. The average Bonchev–Trinajstić information content (AvgIpc) is 3.09. The van der Waals surface area contributed by atoms with E-state index < -0.39 is 5.91 Å². The van der Waals surface area contributed by atoms with E-state index in [-0.39, 0.29) is 0 Å². The number of hydrogen-bond acceptors (Lipinski definition) is 3. The van der Waals surface area contributed by atoms with Crippen molar-refractivity contribution in [2.45, 2.75) is 6.54 Å². The summed E-state index contributed by atoms with van der Waals surface area (Å²) in [6, 6.07) is 17.9. The lowest BCUT2D eigenvalue weighted by atomic mass is 10.1. The molecule has 5 heteroatoms. The van der Waals surface area contributed by atoms with E-state index in [1.807, 2.05) is 60.8 Å².